The lowest BCUT2D eigenvalue weighted by molar-refractivity contribution is 0.654. The molecular formula is C8H13N3S. The van der Waals surface area contributed by atoms with E-state index in [1.807, 2.05) is 0 Å². The molecule has 1 aliphatic carbocycles. The van der Waals surface area contributed by atoms with Gasteiger partial charge in [0.2, 0.25) is 0 Å². The van der Waals surface area contributed by atoms with Crippen LogP contribution in [0.1, 0.15) is 26.2 Å². The SMILES string of the molecule is CC1(NC(=S)NCCC#N)CC1. The summed E-state index contributed by atoms with van der Waals surface area (Å²) in [5.41, 5.74) is 0.233. The molecule has 0 aromatic carbocycles. The molecule has 0 amide bonds. The van der Waals surface area contributed by atoms with E-state index in [0.717, 1.165) is 0 Å². The fourth-order valence-electron chi connectivity index (χ4n) is 0.863. The Hall–Kier alpha value is -0.820. The Kier molecular flexibility index (Phi) is 2.88. The van der Waals surface area contributed by atoms with Crippen LogP contribution in [-0.4, -0.2) is 17.2 Å². The molecule has 0 aromatic rings. The summed E-state index contributed by atoms with van der Waals surface area (Å²) in [4.78, 5) is 0. The lowest BCUT2D eigenvalue weighted by Gasteiger charge is -2.14. The van der Waals surface area contributed by atoms with Gasteiger partial charge in [-0.1, -0.05) is 0 Å². The molecular weight excluding hydrogens is 170 g/mol. The molecule has 0 heterocycles. The summed E-state index contributed by atoms with van der Waals surface area (Å²) in [5.74, 6) is 0. The van der Waals surface area contributed by atoms with Gasteiger partial charge in [0.05, 0.1) is 12.5 Å². The van der Waals surface area contributed by atoms with E-state index >= 15 is 0 Å². The summed E-state index contributed by atoms with van der Waals surface area (Å²) >= 11 is 5.02. The highest BCUT2D eigenvalue weighted by atomic mass is 32.1. The summed E-state index contributed by atoms with van der Waals surface area (Å²) in [7, 11) is 0. The number of hydrogen-bond donors (Lipinski definition) is 2. The zero-order valence-corrected chi connectivity index (χ0v) is 8.00. The Labute approximate surface area is 78.1 Å². The highest BCUT2D eigenvalue weighted by Crippen LogP contribution is 2.33. The van der Waals surface area contributed by atoms with Crippen molar-refractivity contribution in [3.05, 3.63) is 0 Å². The minimum Gasteiger partial charge on any atom is -0.362 e. The third-order valence-corrected chi connectivity index (χ3v) is 2.18. The molecule has 0 spiro atoms. The van der Waals surface area contributed by atoms with Crippen molar-refractivity contribution in [3.8, 4) is 6.07 Å². The van der Waals surface area contributed by atoms with E-state index in [4.69, 9.17) is 17.5 Å². The van der Waals surface area contributed by atoms with Gasteiger partial charge >= 0.3 is 0 Å². The van der Waals surface area contributed by atoms with Gasteiger partial charge in [-0.25, -0.2) is 0 Å². The van der Waals surface area contributed by atoms with Crippen LogP contribution in [0.5, 0.6) is 0 Å². The van der Waals surface area contributed by atoms with E-state index < -0.39 is 0 Å². The van der Waals surface area contributed by atoms with Crippen LogP contribution >= 0.6 is 12.2 Å². The molecule has 4 heteroatoms. The molecule has 2 N–H and O–H groups in total. The minimum atomic E-state index is 0.233. The lowest BCUT2D eigenvalue weighted by Crippen LogP contribution is -2.42. The second kappa shape index (κ2) is 3.72. The smallest absolute Gasteiger partial charge is 0.166 e. The zero-order valence-electron chi connectivity index (χ0n) is 7.18. The minimum absolute atomic E-state index is 0.233. The van der Waals surface area contributed by atoms with Gasteiger partial charge in [-0.3, -0.25) is 0 Å². The molecule has 0 bridgehead atoms. The molecule has 66 valence electrons. The average molecular weight is 183 g/mol. The average Bonchev–Trinajstić information content (AvgIpc) is 2.68. The normalized spacial score (nSPS) is 17.7. The molecule has 3 nitrogen and oxygen atoms in total. The first-order chi connectivity index (χ1) is 5.66. The van der Waals surface area contributed by atoms with Crippen LogP contribution in [0, 0.1) is 11.3 Å². The van der Waals surface area contributed by atoms with Crippen LogP contribution in [0.15, 0.2) is 0 Å². The Balaban J connectivity index is 2.09. The Bertz CT molecular complexity index is 215. The summed E-state index contributed by atoms with van der Waals surface area (Å²) in [6.07, 6.45) is 2.87. The van der Waals surface area contributed by atoms with E-state index in [2.05, 4.69) is 23.6 Å². The van der Waals surface area contributed by atoms with E-state index in [-0.39, 0.29) is 5.54 Å². The first-order valence-corrected chi connectivity index (χ1v) is 4.50. The summed E-state index contributed by atoms with van der Waals surface area (Å²) < 4.78 is 0. The molecule has 0 unspecified atom stereocenters. The van der Waals surface area contributed by atoms with E-state index in [0.29, 0.717) is 18.1 Å². The van der Waals surface area contributed by atoms with Gasteiger partial charge in [0.25, 0.3) is 0 Å². The molecule has 1 aliphatic rings. The fourth-order valence-corrected chi connectivity index (χ4v) is 1.21. The summed E-state index contributed by atoms with van der Waals surface area (Å²) in [5, 5.41) is 15.1. The van der Waals surface area contributed by atoms with Crippen molar-refractivity contribution < 1.29 is 0 Å². The molecule has 0 atom stereocenters. The van der Waals surface area contributed by atoms with Gasteiger partial charge in [0.1, 0.15) is 0 Å². The highest BCUT2D eigenvalue weighted by molar-refractivity contribution is 7.80. The number of nitrogens with one attached hydrogen (secondary N) is 2. The number of thiocarbonyl (C=S) groups is 1. The van der Waals surface area contributed by atoms with Crippen molar-refractivity contribution in [3.63, 3.8) is 0 Å². The van der Waals surface area contributed by atoms with Gasteiger partial charge in [0.15, 0.2) is 5.11 Å². The van der Waals surface area contributed by atoms with Crippen molar-refractivity contribution >= 4 is 17.3 Å². The molecule has 1 fully saturated rings. The topological polar surface area (TPSA) is 47.8 Å². The molecule has 0 aromatic heterocycles. The summed E-state index contributed by atoms with van der Waals surface area (Å²) in [6.45, 7) is 2.78. The van der Waals surface area contributed by atoms with Crippen LogP contribution < -0.4 is 10.6 Å². The maximum atomic E-state index is 8.27. The second-order valence-electron chi connectivity index (χ2n) is 3.35. The monoisotopic (exact) mass is 183 g/mol. The Morgan fingerprint density at radius 3 is 2.83 bits per heavy atom. The van der Waals surface area contributed by atoms with Crippen molar-refractivity contribution in [2.45, 2.75) is 31.7 Å². The maximum Gasteiger partial charge on any atom is 0.166 e. The number of nitrogens with zero attached hydrogens (tertiary/aromatic N) is 1. The van der Waals surface area contributed by atoms with Gasteiger partial charge < -0.3 is 10.6 Å². The molecule has 12 heavy (non-hydrogen) atoms. The predicted molar refractivity (Wildman–Crippen MR) is 51.6 cm³/mol. The van der Waals surface area contributed by atoms with Crippen molar-refractivity contribution in [2.75, 3.05) is 6.54 Å². The zero-order chi connectivity index (χ0) is 9.03. The molecule has 0 aliphatic heterocycles. The quantitative estimate of drug-likeness (QED) is 0.504. The van der Waals surface area contributed by atoms with Gasteiger partial charge in [-0.15, -0.1) is 0 Å². The second-order valence-corrected chi connectivity index (χ2v) is 3.76. The standard InChI is InChI=1S/C8H13N3S/c1-8(3-4-8)11-7(12)10-6-2-5-9/h2-4,6H2,1H3,(H2,10,11,12). The summed E-state index contributed by atoms with van der Waals surface area (Å²) in [6, 6.07) is 2.05. The predicted octanol–water partition coefficient (Wildman–Crippen LogP) is 0.917. The number of rotatable bonds is 3. The number of nitriles is 1. The molecule has 1 saturated carbocycles. The maximum absolute atomic E-state index is 8.27. The van der Waals surface area contributed by atoms with Crippen molar-refractivity contribution in [1.82, 2.24) is 10.6 Å². The van der Waals surface area contributed by atoms with E-state index in [1.165, 1.54) is 12.8 Å². The molecule has 1 rings (SSSR count). The highest BCUT2D eigenvalue weighted by Gasteiger charge is 2.37. The fraction of sp³-hybridized carbons (Fsp3) is 0.750. The van der Waals surface area contributed by atoms with Gasteiger partial charge in [0, 0.05) is 12.1 Å². The molecule has 0 radical (unpaired) electrons. The van der Waals surface area contributed by atoms with Gasteiger partial charge in [-0.2, -0.15) is 5.26 Å². The van der Waals surface area contributed by atoms with Crippen LogP contribution in [-0.2, 0) is 0 Å². The van der Waals surface area contributed by atoms with Crippen LogP contribution in [0.25, 0.3) is 0 Å². The first-order valence-electron chi connectivity index (χ1n) is 4.09. The lowest BCUT2D eigenvalue weighted by atomic mass is 10.3. The van der Waals surface area contributed by atoms with Crippen molar-refractivity contribution in [2.24, 2.45) is 0 Å². The third-order valence-electron chi connectivity index (χ3n) is 1.94. The van der Waals surface area contributed by atoms with Crippen molar-refractivity contribution in [1.29, 1.82) is 5.26 Å². The first kappa shape index (κ1) is 9.27. The third kappa shape index (κ3) is 3.05. The Morgan fingerprint density at radius 1 is 1.67 bits per heavy atom. The Morgan fingerprint density at radius 2 is 2.33 bits per heavy atom. The van der Waals surface area contributed by atoms with E-state index in [1.54, 1.807) is 0 Å². The van der Waals surface area contributed by atoms with Crippen LogP contribution in [0.3, 0.4) is 0 Å². The van der Waals surface area contributed by atoms with E-state index in [9.17, 15) is 0 Å². The number of hydrogen-bond acceptors (Lipinski definition) is 2. The largest absolute Gasteiger partial charge is 0.362 e. The van der Waals surface area contributed by atoms with Crippen LogP contribution in [0.4, 0.5) is 0 Å². The van der Waals surface area contributed by atoms with Crippen LogP contribution in [0.2, 0.25) is 0 Å². The van der Waals surface area contributed by atoms with Gasteiger partial charge in [-0.05, 0) is 32.0 Å². The molecule has 0 saturated heterocycles.